The molecule has 2 amide bonds. The molecule has 2 fully saturated rings. The van der Waals surface area contributed by atoms with E-state index < -0.39 is 11.4 Å². The number of nitrogens with one attached hydrogen (secondary N) is 1. The molecule has 0 bridgehead atoms. The molecule has 1 aliphatic carbocycles. The standard InChI is InChI=1S/C19H24N2O4/c22-16(7-4-11-20-17(23)14-8-9-14)21-12-10-19(13-21,18(24)25)15-5-2-1-3-6-15/h1-3,5-6,14H,4,7-13H2,(H,20,23)(H,24,25). The smallest absolute Gasteiger partial charge is 0.316 e. The highest BCUT2D eigenvalue weighted by atomic mass is 16.4. The summed E-state index contributed by atoms with van der Waals surface area (Å²) in [6.45, 7) is 1.16. The number of carbonyl (C=O) groups is 3. The minimum Gasteiger partial charge on any atom is -0.481 e. The van der Waals surface area contributed by atoms with E-state index in [-0.39, 0.29) is 24.3 Å². The molecular formula is C19H24N2O4. The summed E-state index contributed by atoms with van der Waals surface area (Å²) in [6.07, 6.45) is 3.27. The maximum Gasteiger partial charge on any atom is 0.316 e. The van der Waals surface area contributed by atoms with Gasteiger partial charge in [0.1, 0.15) is 5.41 Å². The van der Waals surface area contributed by atoms with E-state index >= 15 is 0 Å². The number of likely N-dealkylation sites (tertiary alicyclic amines) is 1. The van der Waals surface area contributed by atoms with Crippen LogP contribution in [-0.2, 0) is 19.8 Å². The van der Waals surface area contributed by atoms with E-state index in [4.69, 9.17) is 0 Å². The summed E-state index contributed by atoms with van der Waals surface area (Å²) >= 11 is 0. The van der Waals surface area contributed by atoms with E-state index in [0.717, 1.165) is 18.4 Å². The fourth-order valence-corrected chi connectivity index (χ4v) is 3.41. The third-order valence-corrected chi connectivity index (χ3v) is 5.17. The Morgan fingerprint density at radius 3 is 2.56 bits per heavy atom. The number of carboxylic acid groups (broad SMARTS) is 1. The largest absolute Gasteiger partial charge is 0.481 e. The Hall–Kier alpha value is -2.37. The van der Waals surface area contributed by atoms with Gasteiger partial charge in [-0.2, -0.15) is 0 Å². The first-order chi connectivity index (χ1) is 12.0. The Labute approximate surface area is 147 Å². The van der Waals surface area contributed by atoms with Crippen LogP contribution in [0.25, 0.3) is 0 Å². The minimum absolute atomic E-state index is 0.0419. The first-order valence-corrected chi connectivity index (χ1v) is 8.87. The molecule has 2 N–H and O–H groups in total. The van der Waals surface area contributed by atoms with Gasteiger partial charge in [-0.15, -0.1) is 0 Å². The second-order valence-electron chi connectivity index (χ2n) is 6.99. The van der Waals surface area contributed by atoms with Gasteiger partial charge in [0.2, 0.25) is 11.8 Å². The Balaban J connectivity index is 1.52. The summed E-state index contributed by atoms with van der Waals surface area (Å²) < 4.78 is 0. The normalized spacial score (nSPS) is 22.6. The second kappa shape index (κ2) is 7.25. The lowest BCUT2D eigenvalue weighted by atomic mass is 9.80. The van der Waals surface area contributed by atoms with Crippen LogP contribution in [0.5, 0.6) is 0 Å². The Kier molecular flexibility index (Phi) is 5.06. The van der Waals surface area contributed by atoms with Gasteiger partial charge in [0.05, 0.1) is 0 Å². The van der Waals surface area contributed by atoms with Gasteiger partial charge in [-0.25, -0.2) is 0 Å². The van der Waals surface area contributed by atoms with Crippen LogP contribution < -0.4 is 5.32 Å². The SMILES string of the molecule is O=C(NCCCC(=O)N1CCC(C(=O)O)(c2ccccc2)C1)C1CC1. The van der Waals surface area contributed by atoms with Crippen LogP contribution in [0.1, 0.15) is 37.7 Å². The fourth-order valence-electron chi connectivity index (χ4n) is 3.41. The predicted octanol–water partition coefficient (Wildman–Crippen LogP) is 1.55. The molecule has 3 rings (SSSR count). The van der Waals surface area contributed by atoms with E-state index in [1.165, 1.54) is 0 Å². The first kappa shape index (κ1) is 17.5. The van der Waals surface area contributed by atoms with Crippen molar-refractivity contribution < 1.29 is 19.5 Å². The van der Waals surface area contributed by atoms with Crippen LogP contribution in [-0.4, -0.2) is 47.4 Å². The molecule has 1 aliphatic heterocycles. The summed E-state index contributed by atoms with van der Waals surface area (Å²) in [6, 6.07) is 9.14. The molecule has 6 heteroatoms. The zero-order chi connectivity index (χ0) is 17.9. The molecule has 0 spiro atoms. The van der Waals surface area contributed by atoms with Crippen LogP contribution in [0.2, 0.25) is 0 Å². The Bertz CT molecular complexity index is 657. The van der Waals surface area contributed by atoms with Gasteiger partial charge in [-0.1, -0.05) is 30.3 Å². The summed E-state index contributed by atoms with van der Waals surface area (Å²) in [5, 5.41) is 12.6. The second-order valence-corrected chi connectivity index (χ2v) is 6.99. The van der Waals surface area contributed by atoms with Gasteiger partial charge >= 0.3 is 5.97 Å². The van der Waals surface area contributed by atoms with E-state index in [1.54, 1.807) is 4.90 Å². The molecule has 1 unspecified atom stereocenters. The molecule has 25 heavy (non-hydrogen) atoms. The number of carboxylic acids is 1. The van der Waals surface area contributed by atoms with Crippen LogP contribution in [0, 0.1) is 5.92 Å². The molecule has 1 atom stereocenters. The third kappa shape index (κ3) is 3.83. The van der Waals surface area contributed by atoms with Gasteiger partial charge in [0, 0.05) is 32.0 Å². The zero-order valence-electron chi connectivity index (χ0n) is 14.2. The van der Waals surface area contributed by atoms with Crippen molar-refractivity contribution in [1.82, 2.24) is 10.2 Å². The van der Waals surface area contributed by atoms with E-state index in [9.17, 15) is 19.5 Å². The molecular weight excluding hydrogens is 320 g/mol. The molecule has 1 saturated carbocycles. The highest BCUT2D eigenvalue weighted by Gasteiger charge is 2.47. The number of nitrogens with zero attached hydrogens (tertiary/aromatic N) is 1. The topological polar surface area (TPSA) is 86.7 Å². The molecule has 0 radical (unpaired) electrons. The molecule has 1 saturated heterocycles. The van der Waals surface area contributed by atoms with Crippen molar-refractivity contribution in [3.63, 3.8) is 0 Å². The number of rotatable bonds is 7. The monoisotopic (exact) mass is 344 g/mol. The van der Waals surface area contributed by atoms with Gasteiger partial charge in [-0.05, 0) is 31.2 Å². The van der Waals surface area contributed by atoms with E-state index in [2.05, 4.69) is 5.32 Å². The van der Waals surface area contributed by atoms with E-state index in [1.807, 2.05) is 30.3 Å². The fraction of sp³-hybridized carbons (Fsp3) is 0.526. The highest BCUT2D eigenvalue weighted by molar-refractivity contribution is 5.85. The lowest BCUT2D eigenvalue weighted by Gasteiger charge is -2.25. The molecule has 0 aromatic heterocycles. The average molecular weight is 344 g/mol. The van der Waals surface area contributed by atoms with Gasteiger partial charge in [-0.3, -0.25) is 14.4 Å². The van der Waals surface area contributed by atoms with Gasteiger partial charge < -0.3 is 15.3 Å². The van der Waals surface area contributed by atoms with Crippen molar-refractivity contribution in [2.24, 2.45) is 5.92 Å². The molecule has 1 aromatic carbocycles. The predicted molar refractivity (Wildman–Crippen MR) is 91.9 cm³/mol. The van der Waals surface area contributed by atoms with Crippen molar-refractivity contribution in [3.05, 3.63) is 35.9 Å². The number of benzene rings is 1. The third-order valence-electron chi connectivity index (χ3n) is 5.17. The molecule has 6 nitrogen and oxygen atoms in total. The van der Waals surface area contributed by atoms with Crippen LogP contribution in [0.3, 0.4) is 0 Å². The molecule has 134 valence electrons. The Morgan fingerprint density at radius 2 is 1.92 bits per heavy atom. The van der Waals surface area contributed by atoms with Crippen LogP contribution >= 0.6 is 0 Å². The maximum absolute atomic E-state index is 12.4. The van der Waals surface area contributed by atoms with Crippen molar-refractivity contribution >= 4 is 17.8 Å². The quantitative estimate of drug-likeness (QED) is 0.735. The van der Waals surface area contributed by atoms with Crippen molar-refractivity contribution in [3.8, 4) is 0 Å². The number of amides is 2. The average Bonchev–Trinajstić information content (AvgIpc) is 3.37. The maximum atomic E-state index is 12.4. The Morgan fingerprint density at radius 1 is 1.20 bits per heavy atom. The van der Waals surface area contributed by atoms with E-state index in [0.29, 0.717) is 32.4 Å². The summed E-state index contributed by atoms with van der Waals surface area (Å²) in [5.41, 5.74) is -0.272. The van der Waals surface area contributed by atoms with Crippen molar-refractivity contribution in [2.75, 3.05) is 19.6 Å². The number of hydrogen-bond donors (Lipinski definition) is 2. The minimum atomic E-state index is -1.02. The van der Waals surface area contributed by atoms with Gasteiger partial charge in [0.25, 0.3) is 0 Å². The number of aliphatic carboxylic acids is 1. The van der Waals surface area contributed by atoms with Gasteiger partial charge in [0.15, 0.2) is 0 Å². The van der Waals surface area contributed by atoms with Crippen molar-refractivity contribution in [2.45, 2.75) is 37.5 Å². The zero-order valence-corrected chi connectivity index (χ0v) is 14.2. The van der Waals surface area contributed by atoms with Crippen molar-refractivity contribution in [1.29, 1.82) is 0 Å². The summed E-state index contributed by atoms with van der Waals surface area (Å²) in [7, 11) is 0. The summed E-state index contributed by atoms with van der Waals surface area (Å²) in [5.74, 6) is -0.663. The summed E-state index contributed by atoms with van der Waals surface area (Å²) in [4.78, 5) is 37.5. The molecule has 2 aliphatic rings. The first-order valence-electron chi connectivity index (χ1n) is 8.87. The van der Waals surface area contributed by atoms with Crippen LogP contribution in [0.4, 0.5) is 0 Å². The lowest BCUT2D eigenvalue weighted by Crippen LogP contribution is -2.40. The van der Waals surface area contributed by atoms with Crippen LogP contribution in [0.15, 0.2) is 30.3 Å². The molecule has 1 aromatic rings. The molecule has 1 heterocycles. The number of hydrogen-bond acceptors (Lipinski definition) is 3. The number of carbonyl (C=O) groups excluding carboxylic acids is 2. The lowest BCUT2D eigenvalue weighted by molar-refractivity contribution is -0.143. The highest BCUT2D eigenvalue weighted by Crippen LogP contribution is 2.35.